The summed E-state index contributed by atoms with van der Waals surface area (Å²) in [5.74, 6) is 0.0231. The van der Waals surface area contributed by atoms with Crippen molar-refractivity contribution >= 4 is 23.5 Å². The summed E-state index contributed by atoms with van der Waals surface area (Å²) >= 11 is 6.14. The predicted molar refractivity (Wildman–Crippen MR) is 115 cm³/mol. The molecule has 174 valence electrons. The van der Waals surface area contributed by atoms with Gasteiger partial charge in [-0.25, -0.2) is 9.97 Å². The van der Waals surface area contributed by atoms with Crippen LogP contribution < -0.4 is 5.32 Å². The average molecular weight is 480 g/mol. The number of alkyl halides is 3. The monoisotopic (exact) mass is 479 g/mol. The van der Waals surface area contributed by atoms with Gasteiger partial charge in [-0.1, -0.05) is 18.5 Å². The molecule has 1 aliphatic heterocycles. The number of benzene rings is 1. The van der Waals surface area contributed by atoms with Crippen LogP contribution in [0.4, 0.5) is 19.1 Å². The van der Waals surface area contributed by atoms with Gasteiger partial charge in [-0.05, 0) is 37.0 Å². The maximum Gasteiger partial charge on any atom is 0.419 e. The van der Waals surface area contributed by atoms with Crippen LogP contribution in [0.2, 0.25) is 5.02 Å². The molecular formula is C21H21ClF3N7O. The van der Waals surface area contributed by atoms with E-state index in [2.05, 4.69) is 25.5 Å². The fourth-order valence-electron chi connectivity index (χ4n) is 3.92. The van der Waals surface area contributed by atoms with E-state index >= 15 is 0 Å². The second kappa shape index (κ2) is 9.34. The standard InChI is InChI=1S/C21H21ClF3N7O/c1-13-3-2-8-31(18(13)12-28-20-26-10-14(11-27-20)21(23,24)25)19(33)16-5-4-15(22)9-17(16)32-29-6-7-30-32/h4-7,9-11,13,18H,2-3,8,12H2,1H3,(H,26,27,28)/t13-,18-/m1/s1. The lowest BCUT2D eigenvalue weighted by atomic mass is 9.90. The zero-order valence-corrected chi connectivity index (χ0v) is 18.4. The van der Waals surface area contributed by atoms with Gasteiger partial charge in [0, 0.05) is 30.5 Å². The minimum Gasteiger partial charge on any atom is -0.352 e. The molecule has 0 aliphatic carbocycles. The molecule has 0 spiro atoms. The van der Waals surface area contributed by atoms with Crippen molar-refractivity contribution in [2.24, 2.45) is 5.92 Å². The van der Waals surface area contributed by atoms with E-state index in [4.69, 9.17) is 11.6 Å². The molecule has 1 saturated heterocycles. The fraction of sp³-hybridized carbons (Fsp3) is 0.381. The van der Waals surface area contributed by atoms with Crippen molar-refractivity contribution in [2.75, 3.05) is 18.4 Å². The molecule has 0 saturated carbocycles. The quantitative estimate of drug-likeness (QED) is 0.593. The molecule has 8 nitrogen and oxygen atoms in total. The largest absolute Gasteiger partial charge is 0.419 e. The molecule has 0 radical (unpaired) electrons. The number of hydrogen-bond acceptors (Lipinski definition) is 6. The average Bonchev–Trinajstić information content (AvgIpc) is 3.32. The van der Waals surface area contributed by atoms with Crippen LogP contribution in [-0.2, 0) is 6.18 Å². The molecule has 2 aromatic heterocycles. The molecule has 3 heterocycles. The number of carbonyl (C=O) groups excluding carboxylic acids is 1. The number of anilines is 1. The first kappa shape index (κ1) is 23.0. The molecule has 0 bridgehead atoms. The molecule has 12 heteroatoms. The summed E-state index contributed by atoms with van der Waals surface area (Å²) in [6.07, 6.45) is 1.74. The summed E-state index contributed by atoms with van der Waals surface area (Å²) in [4.78, 5) is 24.2. The van der Waals surface area contributed by atoms with Crippen molar-refractivity contribution in [1.29, 1.82) is 0 Å². The molecule has 0 unspecified atom stereocenters. The smallest absolute Gasteiger partial charge is 0.352 e. The van der Waals surface area contributed by atoms with Gasteiger partial charge in [0.1, 0.15) is 0 Å². The Morgan fingerprint density at radius 1 is 1.21 bits per heavy atom. The van der Waals surface area contributed by atoms with E-state index in [1.807, 2.05) is 6.92 Å². The maximum absolute atomic E-state index is 13.6. The SMILES string of the molecule is C[C@@H]1CCCN(C(=O)c2ccc(Cl)cc2-n2nccn2)[C@@H]1CNc1ncc(C(F)(F)F)cn1. The van der Waals surface area contributed by atoms with Crippen LogP contribution >= 0.6 is 11.6 Å². The Balaban J connectivity index is 1.55. The zero-order chi connectivity index (χ0) is 23.6. The number of nitrogens with one attached hydrogen (secondary N) is 1. The van der Waals surface area contributed by atoms with E-state index in [-0.39, 0.29) is 23.8 Å². The van der Waals surface area contributed by atoms with E-state index in [9.17, 15) is 18.0 Å². The summed E-state index contributed by atoms with van der Waals surface area (Å²) in [5, 5.41) is 11.7. The van der Waals surface area contributed by atoms with Gasteiger partial charge in [0.2, 0.25) is 5.95 Å². The number of aromatic nitrogens is 5. The van der Waals surface area contributed by atoms with Crippen LogP contribution in [0.1, 0.15) is 35.7 Å². The lowest BCUT2D eigenvalue weighted by molar-refractivity contribution is -0.138. The van der Waals surface area contributed by atoms with Crippen molar-refractivity contribution in [1.82, 2.24) is 29.9 Å². The highest BCUT2D eigenvalue weighted by Crippen LogP contribution is 2.29. The second-order valence-corrected chi connectivity index (χ2v) is 8.28. The van der Waals surface area contributed by atoms with Crippen molar-refractivity contribution in [3.63, 3.8) is 0 Å². The van der Waals surface area contributed by atoms with E-state index in [1.54, 1.807) is 23.1 Å². The third kappa shape index (κ3) is 5.08. The number of likely N-dealkylation sites (tertiary alicyclic amines) is 1. The first-order valence-electron chi connectivity index (χ1n) is 10.3. The third-order valence-electron chi connectivity index (χ3n) is 5.65. The van der Waals surface area contributed by atoms with Crippen molar-refractivity contribution in [2.45, 2.75) is 32.0 Å². The molecule has 1 aromatic carbocycles. The van der Waals surface area contributed by atoms with Gasteiger partial charge in [-0.3, -0.25) is 4.79 Å². The summed E-state index contributed by atoms with van der Waals surface area (Å²) < 4.78 is 38.2. The topological polar surface area (TPSA) is 88.8 Å². The van der Waals surface area contributed by atoms with E-state index in [0.29, 0.717) is 29.4 Å². The molecule has 3 aromatic rings. The number of piperidine rings is 1. The van der Waals surface area contributed by atoms with E-state index < -0.39 is 11.7 Å². The third-order valence-corrected chi connectivity index (χ3v) is 5.88. The van der Waals surface area contributed by atoms with Crippen LogP contribution in [0.3, 0.4) is 0 Å². The molecule has 2 atom stereocenters. The Bertz CT molecular complexity index is 1110. The zero-order valence-electron chi connectivity index (χ0n) is 17.6. The lowest BCUT2D eigenvalue weighted by Crippen LogP contribution is -2.51. The summed E-state index contributed by atoms with van der Waals surface area (Å²) in [6.45, 7) is 2.87. The molecule has 1 fully saturated rings. The van der Waals surface area contributed by atoms with Gasteiger partial charge in [-0.2, -0.15) is 28.2 Å². The normalized spacial score (nSPS) is 18.9. The first-order valence-corrected chi connectivity index (χ1v) is 10.7. The molecule has 33 heavy (non-hydrogen) atoms. The van der Waals surface area contributed by atoms with Gasteiger partial charge >= 0.3 is 6.18 Å². The maximum atomic E-state index is 13.6. The summed E-state index contributed by atoms with van der Waals surface area (Å²) in [6, 6.07) is 4.70. The van der Waals surface area contributed by atoms with Crippen LogP contribution in [0, 0.1) is 5.92 Å². The Kier molecular flexibility index (Phi) is 6.50. The van der Waals surface area contributed by atoms with Gasteiger partial charge in [0.15, 0.2) is 0 Å². The fourth-order valence-corrected chi connectivity index (χ4v) is 4.09. The highest BCUT2D eigenvalue weighted by atomic mass is 35.5. The first-order chi connectivity index (χ1) is 15.7. The van der Waals surface area contributed by atoms with Crippen molar-refractivity contribution in [3.8, 4) is 5.69 Å². The number of rotatable bonds is 5. The van der Waals surface area contributed by atoms with E-state index in [1.165, 1.54) is 17.2 Å². The molecule has 4 rings (SSSR count). The number of carbonyl (C=O) groups is 1. The van der Waals surface area contributed by atoms with Gasteiger partial charge in [-0.15, -0.1) is 0 Å². The predicted octanol–water partition coefficient (Wildman–Crippen LogP) is 4.08. The molecule has 1 aliphatic rings. The number of hydrogen-bond donors (Lipinski definition) is 1. The van der Waals surface area contributed by atoms with Gasteiger partial charge < -0.3 is 10.2 Å². The van der Waals surface area contributed by atoms with E-state index in [0.717, 1.165) is 25.2 Å². The second-order valence-electron chi connectivity index (χ2n) is 7.84. The van der Waals surface area contributed by atoms with Gasteiger partial charge in [0.05, 0.1) is 35.2 Å². The van der Waals surface area contributed by atoms with Crippen LogP contribution in [0.15, 0.2) is 43.0 Å². The summed E-state index contributed by atoms with van der Waals surface area (Å²) in [5.41, 5.74) is -0.0487. The Hall–Kier alpha value is -3.21. The Morgan fingerprint density at radius 3 is 2.58 bits per heavy atom. The van der Waals surface area contributed by atoms with Crippen LogP contribution in [0.25, 0.3) is 5.69 Å². The van der Waals surface area contributed by atoms with Crippen LogP contribution in [-0.4, -0.2) is 54.9 Å². The number of halogens is 4. The molecule has 1 N–H and O–H groups in total. The van der Waals surface area contributed by atoms with Gasteiger partial charge in [0.25, 0.3) is 5.91 Å². The Morgan fingerprint density at radius 2 is 1.91 bits per heavy atom. The highest BCUT2D eigenvalue weighted by molar-refractivity contribution is 6.31. The number of amides is 1. The highest BCUT2D eigenvalue weighted by Gasteiger charge is 2.34. The molecular weight excluding hydrogens is 459 g/mol. The summed E-state index contributed by atoms with van der Waals surface area (Å²) in [7, 11) is 0. The minimum absolute atomic E-state index is 0.0705. The lowest BCUT2D eigenvalue weighted by Gasteiger charge is -2.40. The number of nitrogens with zero attached hydrogens (tertiary/aromatic N) is 6. The Labute approximate surface area is 192 Å². The minimum atomic E-state index is -4.50. The van der Waals surface area contributed by atoms with Crippen molar-refractivity contribution < 1.29 is 18.0 Å². The van der Waals surface area contributed by atoms with Crippen LogP contribution in [0.5, 0.6) is 0 Å². The molecule has 1 amide bonds. The van der Waals surface area contributed by atoms with Crippen molar-refractivity contribution in [3.05, 3.63) is 59.1 Å².